The Bertz CT molecular complexity index is 430. The maximum absolute atomic E-state index is 4.28. The Hall–Kier alpha value is -1.20. The first-order valence-corrected chi connectivity index (χ1v) is 5.96. The van der Waals surface area contributed by atoms with E-state index in [2.05, 4.69) is 15.4 Å². The second-order valence-corrected chi connectivity index (χ2v) is 4.64. The van der Waals surface area contributed by atoms with Crippen LogP contribution in [0.15, 0.2) is 24.0 Å². The van der Waals surface area contributed by atoms with Crippen molar-refractivity contribution in [2.75, 3.05) is 0 Å². The third-order valence-electron chi connectivity index (χ3n) is 2.42. The molecule has 15 heavy (non-hydrogen) atoms. The predicted octanol–water partition coefficient (Wildman–Crippen LogP) is 1.58. The van der Waals surface area contributed by atoms with Crippen molar-refractivity contribution in [2.45, 2.75) is 25.4 Å². The van der Waals surface area contributed by atoms with E-state index in [4.69, 9.17) is 0 Å². The van der Waals surface area contributed by atoms with Gasteiger partial charge in [0, 0.05) is 35.9 Å². The normalized spacial score (nSPS) is 15.7. The zero-order valence-electron chi connectivity index (χ0n) is 8.26. The molecule has 0 bridgehead atoms. The minimum atomic E-state index is 0.744. The van der Waals surface area contributed by atoms with Gasteiger partial charge in [0.15, 0.2) is 0 Å². The van der Waals surface area contributed by atoms with E-state index >= 15 is 0 Å². The molecule has 3 rings (SSSR count). The number of rotatable bonds is 4. The van der Waals surface area contributed by atoms with Crippen molar-refractivity contribution in [2.24, 2.45) is 0 Å². The number of hydrogen-bond donors (Lipinski definition) is 1. The average molecular weight is 220 g/mol. The molecule has 0 atom stereocenters. The van der Waals surface area contributed by atoms with Crippen molar-refractivity contribution in [3.63, 3.8) is 0 Å². The molecule has 1 aliphatic rings. The predicted molar refractivity (Wildman–Crippen MR) is 59.1 cm³/mol. The van der Waals surface area contributed by atoms with Gasteiger partial charge in [0.25, 0.3) is 0 Å². The molecule has 4 nitrogen and oxygen atoms in total. The highest BCUT2D eigenvalue weighted by molar-refractivity contribution is 7.12. The van der Waals surface area contributed by atoms with Gasteiger partial charge in [-0.1, -0.05) is 0 Å². The van der Waals surface area contributed by atoms with Crippen molar-refractivity contribution in [1.82, 2.24) is 20.1 Å². The van der Waals surface area contributed by atoms with Gasteiger partial charge < -0.3 is 5.32 Å². The Morgan fingerprint density at radius 1 is 1.53 bits per heavy atom. The van der Waals surface area contributed by atoms with Crippen LogP contribution in [0.3, 0.4) is 0 Å². The number of aromatic nitrogens is 3. The zero-order valence-corrected chi connectivity index (χ0v) is 9.07. The van der Waals surface area contributed by atoms with Crippen molar-refractivity contribution in [3.8, 4) is 5.13 Å². The summed E-state index contributed by atoms with van der Waals surface area (Å²) in [6.45, 7) is 0.913. The third-order valence-corrected chi connectivity index (χ3v) is 3.18. The molecule has 1 saturated carbocycles. The van der Waals surface area contributed by atoms with Crippen LogP contribution in [0, 0.1) is 0 Å². The molecule has 5 heteroatoms. The molecule has 0 unspecified atom stereocenters. The van der Waals surface area contributed by atoms with Crippen molar-refractivity contribution < 1.29 is 0 Å². The molecular weight excluding hydrogens is 208 g/mol. The summed E-state index contributed by atoms with van der Waals surface area (Å²) in [5, 5.41) is 10.6. The van der Waals surface area contributed by atoms with Gasteiger partial charge in [0.2, 0.25) is 5.13 Å². The van der Waals surface area contributed by atoms with E-state index in [0.29, 0.717) is 0 Å². The first-order valence-electron chi connectivity index (χ1n) is 5.08. The highest BCUT2D eigenvalue weighted by atomic mass is 32.1. The van der Waals surface area contributed by atoms with Crippen LogP contribution in [0.25, 0.3) is 5.13 Å². The Morgan fingerprint density at radius 2 is 2.47 bits per heavy atom. The molecule has 78 valence electrons. The molecule has 0 aromatic carbocycles. The fourth-order valence-corrected chi connectivity index (χ4v) is 2.01. The van der Waals surface area contributed by atoms with E-state index in [-0.39, 0.29) is 0 Å². The highest BCUT2D eigenvalue weighted by Gasteiger charge is 2.20. The largest absolute Gasteiger partial charge is 0.310 e. The Morgan fingerprint density at radius 3 is 3.20 bits per heavy atom. The molecular formula is C10H12N4S. The number of hydrogen-bond acceptors (Lipinski definition) is 4. The highest BCUT2D eigenvalue weighted by Crippen LogP contribution is 2.19. The van der Waals surface area contributed by atoms with Crippen LogP contribution in [-0.2, 0) is 6.54 Å². The molecule has 2 heterocycles. The minimum absolute atomic E-state index is 0.744. The number of nitrogens with one attached hydrogen (secondary N) is 1. The number of nitrogens with zero attached hydrogens (tertiary/aromatic N) is 3. The summed E-state index contributed by atoms with van der Waals surface area (Å²) in [6, 6.07) is 0.744. The summed E-state index contributed by atoms with van der Waals surface area (Å²) in [5.74, 6) is 0. The fourth-order valence-electron chi connectivity index (χ4n) is 1.43. The summed E-state index contributed by atoms with van der Waals surface area (Å²) in [7, 11) is 0. The summed E-state index contributed by atoms with van der Waals surface area (Å²) < 4.78 is 1.83. The molecule has 1 N–H and O–H groups in total. The molecule has 1 aliphatic carbocycles. The van der Waals surface area contributed by atoms with Crippen LogP contribution in [0.2, 0.25) is 0 Å². The van der Waals surface area contributed by atoms with Gasteiger partial charge in [0.05, 0.1) is 6.20 Å². The average Bonchev–Trinajstić information content (AvgIpc) is 2.78. The molecule has 1 fully saturated rings. The maximum atomic E-state index is 4.28. The van der Waals surface area contributed by atoms with Gasteiger partial charge in [-0.2, -0.15) is 5.10 Å². The Balaban J connectivity index is 1.69. The first-order chi connectivity index (χ1) is 7.42. The van der Waals surface area contributed by atoms with Gasteiger partial charge in [-0.3, -0.25) is 0 Å². The Kier molecular flexibility index (Phi) is 2.26. The van der Waals surface area contributed by atoms with Crippen molar-refractivity contribution in [3.05, 3.63) is 29.5 Å². The first kappa shape index (κ1) is 9.06. The van der Waals surface area contributed by atoms with Crippen LogP contribution in [0.4, 0.5) is 0 Å². The lowest BCUT2D eigenvalue weighted by atomic mass is 10.3. The molecule has 0 spiro atoms. The van der Waals surface area contributed by atoms with Gasteiger partial charge in [-0.15, -0.1) is 11.3 Å². The lowest BCUT2D eigenvalue weighted by Crippen LogP contribution is -2.14. The van der Waals surface area contributed by atoms with E-state index in [9.17, 15) is 0 Å². The van der Waals surface area contributed by atoms with Crippen LogP contribution in [0.1, 0.15) is 18.4 Å². The summed E-state index contributed by atoms with van der Waals surface area (Å²) in [6.07, 6.45) is 8.37. The zero-order chi connectivity index (χ0) is 10.1. The molecule has 2 aromatic rings. The SMILES string of the molecule is c1csc(-n2cc(CNC3CC3)cn2)n1. The van der Waals surface area contributed by atoms with Crippen molar-refractivity contribution in [1.29, 1.82) is 0 Å². The van der Waals surface area contributed by atoms with E-state index in [1.165, 1.54) is 18.4 Å². The molecule has 2 aromatic heterocycles. The topological polar surface area (TPSA) is 42.7 Å². The van der Waals surface area contributed by atoms with Crippen LogP contribution in [0.5, 0.6) is 0 Å². The second-order valence-electron chi connectivity index (χ2n) is 3.76. The van der Waals surface area contributed by atoms with E-state index < -0.39 is 0 Å². The lowest BCUT2D eigenvalue weighted by molar-refractivity contribution is 0.687. The summed E-state index contributed by atoms with van der Waals surface area (Å²) in [5.41, 5.74) is 1.22. The van der Waals surface area contributed by atoms with Gasteiger partial charge in [-0.05, 0) is 12.8 Å². The van der Waals surface area contributed by atoms with Crippen LogP contribution >= 0.6 is 11.3 Å². The quantitative estimate of drug-likeness (QED) is 0.850. The molecule has 0 amide bonds. The maximum Gasteiger partial charge on any atom is 0.210 e. The molecule has 0 saturated heterocycles. The summed E-state index contributed by atoms with van der Waals surface area (Å²) in [4.78, 5) is 4.21. The fraction of sp³-hybridized carbons (Fsp3) is 0.400. The monoisotopic (exact) mass is 220 g/mol. The van der Waals surface area contributed by atoms with Gasteiger partial charge in [-0.25, -0.2) is 9.67 Å². The smallest absolute Gasteiger partial charge is 0.210 e. The summed E-state index contributed by atoms with van der Waals surface area (Å²) >= 11 is 1.60. The van der Waals surface area contributed by atoms with E-state index in [1.54, 1.807) is 17.5 Å². The van der Waals surface area contributed by atoms with Crippen molar-refractivity contribution >= 4 is 11.3 Å². The van der Waals surface area contributed by atoms with E-state index in [0.717, 1.165) is 17.7 Å². The van der Waals surface area contributed by atoms with Gasteiger partial charge >= 0.3 is 0 Å². The standard InChI is InChI=1S/C10H12N4S/c1-2-9(1)12-5-8-6-13-14(7-8)10-11-3-4-15-10/h3-4,6-7,9,12H,1-2,5H2. The van der Waals surface area contributed by atoms with Crippen LogP contribution in [-0.4, -0.2) is 20.8 Å². The second kappa shape index (κ2) is 3.75. The van der Waals surface area contributed by atoms with E-state index in [1.807, 2.05) is 22.5 Å². The molecule has 0 aliphatic heterocycles. The van der Waals surface area contributed by atoms with Gasteiger partial charge in [0.1, 0.15) is 0 Å². The third kappa shape index (κ3) is 2.08. The molecule has 0 radical (unpaired) electrons. The number of thiazole rings is 1. The minimum Gasteiger partial charge on any atom is -0.310 e. The Labute approximate surface area is 92.0 Å². The van der Waals surface area contributed by atoms with Crippen LogP contribution < -0.4 is 5.32 Å². The lowest BCUT2D eigenvalue weighted by Gasteiger charge is -1.97.